The second-order valence-electron chi connectivity index (χ2n) is 9.43. The second-order valence-corrected chi connectivity index (χ2v) is 10.2. The SMILES string of the molecule is CN(CCCNC(=O)COC(=O)C12C[C@@H]3C[C@@H](CC(Cl)(C3)C1)C2)c1ccccc1. The van der Waals surface area contributed by atoms with Crippen molar-refractivity contribution < 1.29 is 14.3 Å². The van der Waals surface area contributed by atoms with Crippen molar-refractivity contribution in [2.75, 3.05) is 31.6 Å². The van der Waals surface area contributed by atoms with Crippen LogP contribution in [0, 0.1) is 17.3 Å². The Morgan fingerprint density at radius 2 is 1.86 bits per heavy atom. The maximum atomic E-state index is 12.9. The van der Waals surface area contributed by atoms with Gasteiger partial charge in [-0.3, -0.25) is 9.59 Å². The molecule has 5 nitrogen and oxygen atoms in total. The van der Waals surface area contributed by atoms with Crippen molar-refractivity contribution >= 4 is 29.2 Å². The van der Waals surface area contributed by atoms with E-state index in [-0.39, 0.29) is 23.4 Å². The number of hydrogen-bond acceptors (Lipinski definition) is 4. The van der Waals surface area contributed by atoms with Crippen LogP contribution in [0.1, 0.15) is 44.9 Å². The number of hydrogen-bond donors (Lipinski definition) is 1. The molecule has 0 aliphatic heterocycles. The van der Waals surface area contributed by atoms with Crippen molar-refractivity contribution in [1.82, 2.24) is 5.32 Å². The lowest BCUT2D eigenvalue weighted by molar-refractivity contribution is -0.171. The highest BCUT2D eigenvalue weighted by Gasteiger charge is 2.60. The fourth-order valence-electron chi connectivity index (χ4n) is 6.08. The van der Waals surface area contributed by atoms with Crippen molar-refractivity contribution in [2.45, 2.75) is 49.8 Å². The Kier molecular flexibility index (Phi) is 5.78. The van der Waals surface area contributed by atoms with Crippen LogP contribution in [0.25, 0.3) is 0 Å². The van der Waals surface area contributed by atoms with Crippen molar-refractivity contribution in [1.29, 1.82) is 0 Å². The molecule has 4 atom stereocenters. The van der Waals surface area contributed by atoms with Crippen LogP contribution < -0.4 is 10.2 Å². The zero-order valence-electron chi connectivity index (χ0n) is 17.2. The molecule has 1 aromatic carbocycles. The largest absolute Gasteiger partial charge is 0.455 e. The van der Waals surface area contributed by atoms with Gasteiger partial charge >= 0.3 is 5.97 Å². The van der Waals surface area contributed by atoms with Gasteiger partial charge in [-0.1, -0.05) is 18.2 Å². The number of alkyl halides is 1. The quantitative estimate of drug-likeness (QED) is 0.397. The molecule has 1 amide bonds. The average Bonchev–Trinajstić information content (AvgIpc) is 2.68. The van der Waals surface area contributed by atoms with Gasteiger partial charge in [-0.15, -0.1) is 11.6 Å². The van der Waals surface area contributed by atoms with Crippen LogP contribution in [0.5, 0.6) is 0 Å². The molecule has 4 bridgehead atoms. The first-order valence-corrected chi connectivity index (χ1v) is 11.1. The Labute approximate surface area is 178 Å². The van der Waals surface area contributed by atoms with Crippen molar-refractivity contribution in [3.05, 3.63) is 30.3 Å². The van der Waals surface area contributed by atoms with E-state index in [0.29, 0.717) is 24.8 Å². The fraction of sp³-hybridized carbons (Fsp3) is 0.652. The van der Waals surface area contributed by atoms with Crippen LogP contribution in [-0.2, 0) is 14.3 Å². The van der Waals surface area contributed by atoms with Gasteiger partial charge in [-0.25, -0.2) is 0 Å². The fourth-order valence-corrected chi connectivity index (χ4v) is 6.77. The maximum Gasteiger partial charge on any atom is 0.312 e. The molecule has 0 spiro atoms. The Morgan fingerprint density at radius 3 is 2.52 bits per heavy atom. The van der Waals surface area contributed by atoms with E-state index in [2.05, 4.69) is 22.3 Å². The van der Waals surface area contributed by atoms with Crippen molar-refractivity contribution in [3.63, 3.8) is 0 Å². The standard InChI is InChI=1S/C23H31ClN2O3/c1-26(19-6-3-2-4-7-19)9-5-8-25-20(27)15-29-21(28)22-11-17-10-18(12-22)14-23(24,13-17)16-22/h2-4,6-7,17-18H,5,8-16H2,1H3,(H,25,27)/t17-,18+,22?,23?. The third-order valence-corrected chi connectivity index (χ3v) is 7.39. The summed E-state index contributed by atoms with van der Waals surface area (Å²) < 4.78 is 5.46. The van der Waals surface area contributed by atoms with E-state index >= 15 is 0 Å². The predicted molar refractivity (Wildman–Crippen MR) is 114 cm³/mol. The normalized spacial score (nSPS) is 32.1. The monoisotopic (exact) mass is 418 g/mol. The first-order chi connectivity index (χ1) is 13.9. The number of ether oxygens (including phenoxy) is 1. The summed E-state index contributed by atoms with van der Waals surface area (Å²) in [5, 5.41) is 2.86. The number of carbonyl (C=O) groups is 2. The highest BCUT2D eigenvalue weighted by atomic mass is 35.5. The van der Waals surface area contributed by atoms with Gasteiger partial charge in [0.25, 0.3) is 5.91 Å². The number of halogens is 1. The third kappa shape index (κ3) is 4.55. The first-order valence-electron chi connectivity index (χ1n) is 10.8. The minimum atomic E-state index is -0.454. The van der Waals surface area contributed by atoms with Crippen molar-refractivity contribution in [2.24, 2.45) is 17.3 Å². The van der Waals surface area contributed by atoms with Crippen LogP contribution in [0.3, 0.4) is 0 Å². The summed E-state index contributed by atoms with van der Waals surface area (Å²) >= 11 is 6.79. The predicted octanol–water partition coefficient (Wildman–Crippen LogP) is 3.75. The Bertz CT molecular complexity index is 740. The molecule has 4 fully saturated rings. The summed E-state index contributed by atoms with van der Waals surface area (Å²) in [7, 11) is 2.04. The molecule has 158 valence electrons. The first kappa shape index (κ1) is 20.5. The van der Waals surface area contributed by atoms with Gasteiger partial charge < -0.3 is 15.0 Å². The number of anilines is 1. The van der Waals surface area contributed by atoms with Gasteiger partial charge in [-0.05, 0) is 68.9 Å². The lowest BCUT2D eigenvalue weighted by atomic mass is 9.49. The second kappa shape index (κ2) is 8.17. The van der Waals surface area contributed by atoms with Gasteiger partial charge in [0.05, 0.1) is 5.41 Å². The molecule has 1 N–H and O–H groups in total. The van der Waals surface area contributed by atoms with Gasteiger partial charge in [-0.2, -0.15) is 0 Å². The molecule has 4 aliphatic rings. The highest BCUT2D eigenvalue weighted by Crippen LogP contribution is 2.64. The summed E-state index contributed by atoms with van der Waals surface area (Å²) in [6.07, 6.45) is 6.54. The van der Waals surface area contributed by atoms with Crippen LogP contribution in [0.15, 0.2) is 30.3 Å². The summed E-state index contributed by atoms with van der Waals surface area (Å²) in [5.74, 6) is 0.634. The molecule has 0 radical (unpaired) electrons. The molecule has 2 unspecified atom stereocenters. The molecule has 4 aliphatic carbocycles. The third-order valence-electron chi connectivity index (χ3n) is 6.95. The van der Waals surface area contributed by atoms with Crippen LogP contribution in [-0.4, -0.2) is 43.5 Å². The Balaban J connectivity index is 1.18. The molecule has 6 heteroatoms. The van der Waals surface area contributed by atoms with Crippen LogP contribution in [0.4, 0.5) is 5.69 Å². The van der Waals surface area contributed by atoms with E-state index in [4.69, 9.17) is 16.3 Å². The average molecular weight is 419 g/mol. The summed E-state index contributed by atoms with van der Waals surface area (Å²) in [4.78, 5) is 26.9. The summed E-state index contributed by atoms with van der Waals surface area (Å²) in [6.45, 7) is 1.21. The number of nitrogens with zero attached hydrogens (tertiary/aromatic N) is 1. The molecule has 5 rings (SSSR count). The molecule has 0 saturated heterocycles. The molecule has 0 aromatic heterocycles. The molecule has 4 saturated carbocycles. The minimum Gasteiger partial charge on any atom is -0.455 e. The number of nitrogens with one attached hydrogen (secondary N) is 1. The number of benzene rings is 1. The van der Waals surface area contributed by atoms with E-state index in [9.17, 15) is 9.59 Å². The summed E-state index contributed by atoms with van der Waals surface area (Å²) in [5.41, 5.74) is 0.699. The van der Waals surface area contributed by atoms with Gasteiger partial charge in [0, 0.05) is 30.7 Å². The molecular formula is C23H31ClN2O3. The minimum absolute atomic E-state index is 0.195. The summed E-state index contributed by atoms with van der Waals surface area (Å²) in [6, 6.07) is 10.1. The van der Waals surface area contributed by atoms with Gasteiger partial charge in [0.15, 0.2) is 6.61 Å². The number of rotatable bonds is 8. The lowest BCUT2D eigenvalue weighted by Gasteiger charge is -2.58. The van der Waals surface area contributed by atoms with Crippen LogP contribution >= 0.6 is 11.6 Å². The van der Waals surface area contributed by atoms with E-state index in [1.165, 1.54) is 6.42 Å². The van der Waals surface area contributed by atoms with Crippen LogP contribution in [0.2, 0.25) is 0 Å². The zero-order chi connectivity index (χ0) is 20.5. The number of amides is 1. The zero-order valence-corrected chi connectivity index (χ0v) is 17.9. The van der Waals surface area contributed by atoms with E-state index in [0.717, 1.165) is 44.3 Å². The molecular weight excluding hydrogens is 388 g/mol. The number of para-hydroxylation sites is 1. The molecule has 29 heavy (non-hydrogen) atoms. The van der Waals surface area contributed by atoms with E-state index in [1.54, 1.807) is 0 Å². The topological polar surface area (TPSA) is 58.6 Å². The lowest BCUT2D eigenvalue weighted by Crippen LogP contribution is -2.56. The number of carbonyl (C=O) groups excluding carboxylic acids is 2. The van der Waals surface area contributed by atoms with E-state index < -0.39 is 5.41 Å². The van der Waals surface area contributed by atoms with Gasteiger partial charge in [0.1, 0.15) is 0 Å². The Hall–Kier alpha value is -1.75. The molecule has 0 heterocycles. The van der Waals surface area contributed by atoms with E-state index in [1.807, 2.05) is 25.2 Å². The molecule has 1 aromatic rings. The van der Waals surface area contributed by atoms with Gasteiger partial charge in [0.2, 0.25) is 0 Å². The highest BCUT2D eigenvalue weighted by molar-refractivity contribution is 6.24. The Morgan fingerprint density at radius 1 is 1.17 bits per heavy atom. The smallest absolute Gasteiger partial charge is 0.312 e. The number of esters is 1. The maximum absolute atomic E-state index is 12.9. The van der Waals surface area contributed by atoms with Crippen molar-refractivity contribution in [3.8, 4) is 0 Å².